The average molecular weight is 287 g/mol. The van der Waals surface area contributed by atoms with Crippen LogP contribution in [0.3, 0.4) is 0 Å². The minimum atomic E-state index is -0.487. The lowest BCUT2D eigenvalue weighted by atomic mass is 10.1. The maximum absolute atomic E-state index is 10.7. The van der Waals surface area contributed by atoms with Gasteiger partial charge in [0.2, 0.25) is 0 Å². The first-order valence-electron chi connectivity index (χ1n) is 4.92. The molecule has 18 heavy (non-hydrogen) atoms. The van der Waals surface area contributed by atoms with Gasteiger partial charge in [-0.05, 0) is 25.2 Å². The number of rotatable bonds is 3. The highest BCUT2D eigenvalue weighted by Crippen LogP contribution is 2.22. The van der Waals surface area contributed by atoms with Gasteiger partial charge in [0.25, 0.3) is 5.69 Å². The molecule has 0 saturated carbocycles. The topological polar surface area (TPSA) is 79.6 Å². The number of thiocarbonyl (C=S) groups is 1. The summed E-state index contributed by atoms with van der Waals surface area (Å²) in [5, 5.41) is 18.1. The van der Waals surface area contributed by atoms with Gasteiger partial charge in [-0.2, -0.15) is 5.10 Å². The maximum Gasteiger partial charge on any atom is 0.270 e. The van der Waals surface area contributed by atoms with Gasteiger partial charge in [0, 0.05) is 24.7 Å². The lowest BCUT2D eigenvalue weighted by molar-refractivity contribution is -0.384. The van der Waals surface area contributed by atoms with Crippen LogP contribution in [0.4, 0.5) is 5.69 Å². The molecule has 1 aromatic rings. The number of hydrogen-bond acceptors (Lipinski definition) is 4. The zero-order chi connectivity index (χ0) is 13.7. The van der Waals surface area contributed by atoms with Crippen molar-refractivity contribution in [1.82, 2.24) is 10.7 Å². The molecule has 1 aromatic carbocycles. The minimum absolute atomic E-state index is 0.0415. The number of halogens is 1. The maximum atomic E-state index is 10.7. The van der Waals surface area contributed by atoms with E-state index in [9.17, 15) is 10.1 Å². The van der Waals surface area contributed by atoms with Crippen LogP contribution in [0.25, 0.3) is 0 Å². The van der Waals surface area contributed by atoms with E-state index in [1.807, 2.05) is 0 Å². The van der Waals surface area contributed by atoms with E-state index in [-0.39, 0.29) is 5.69 Å². The predicted molar refractivity (Wildman–Crippen MR) is 75.1 cm³/mol. The fraction of sp³-hybridized carbons (Fsp3) is 0.200. The summed E-state index contributed by atoms with van der Waals surface area (Å²) in [5.74, 6) is 0. The second kappa shape index (κ2) is 6.27. The summed E-state index contributed by atoms with van der Waals surface area (Å²) in [7, 11) is 1.65. The Labute approximate surface area is 114 Å². The molecular formula is C10H11ClN4O2S. The number of hydrogen-bond donors (Lipinski definition) is 2. The van der Waals surface area contributed by atoms with Gasteiger partial charge in [-0.25, -0.2) is 0 Å². The Balaban J connectivity index is 3.04. The highest BCUT2D eigenvalue weighted by atomic mass is 35.5. The summed E-state index contributed by atoms with van der Waals surface area (Å²) >= 11 is 10.8. The Morgan fingerprint density at radius 3 is 2.78 bits per heavy atom. The standard InChI is InChI=1S/C10H11ClN4O2S/c1-6(13-14-10(18)12-2)8-5-7(15(16)17)3-4-9(8)11/h3-5H,1-2H3,(H2,12,14,18)/b13-6+. The summed E-state index contributed by atoms with van der Waals surface area (Å²) in [5.41, 5.74) is 3.53. The molecule has 2 N–H and O–H groups in total. The van der Waals surface area contributed by atoms with Gasteiger partial charge in [0.1, 0.15) is 0 Å². The van der Waals surface area contributed by atoms with Crippen molar-refractivity contribution in [2.75, 3.05) is 7.05 Å². The molecule has 0 amide bonds. The number of hydrazone groups is 1. The molecule has 0 aromatic heterocycles. The Bertz CT molecular complexity index is 519. The van der Waals surface area contributed by atoms with E-state index in [2.05, 4.69) is 15.8 Å². The lowest BCUT2D eigenvalue weighted by Crippen LogP contribution is -2.29. The van der Waals surface area contributed by atoms with Crippen molar-refractivity contribution in [2.45, 2.75) is 6.92 Å². The van der Waals surface area contributed by atoms with E-state index in [0.29, 0.717) is 21.4 Å². The minimum Gasteiger partial charge on any atom is -0.364 e. The highest BCUT2D eigenvalue weighted by molar-refractivity contribution is 7.80. The van der Waals surface area contributed by atoms with Crippen molar-refractivity contribution in [3.63, 3.8) is 0 Å². The second-order valence-electron chi connectivity index (χ2n) is 3.31. The van der Waals surface area contributed by atoms with Gasteiger partial charge < -0.3 is 5.32 Å². The summed E-state index contributed by atoms with van der Waals surface area (Å²) < 4.78 is 0. The molecule has 0 aliphatic carbocycles. The van der Waals surface area contributed by atoms with Crippen LogP contribution < -0.4 is 10.7 Å². The van der Waals surface area contributed by atoms with Gasteiger partial charge in [-0.1, -0.05) is 11.6 Å². The molecule has 8 heteroatoms. The van der Waals surface area contributed by atoms with Crippen LogP contribution in [0.2, 0.25) is 5.02 Å². The van der Waals surface area contributed by atoms with Crippen molar-refractivity contribution < 1.29 is 4.92 Å². The SMILES string of the molecule is CNC(=S)N/N=C(\C)c1cc([N+](=O)[O-])ccc1Cl. The van der Waals surface area contributed by atoms with Crippen LogP contribution in [-0.4, -0.2) is 22.8 Å². The molecule has 96 valence electrons. The Kier molecular flexibility index (Phi) is 4.99. The number of nitro groups is 1. The molecule has 0 fully saturated rings. The lowest BCUT2D eigenvalue weighted by Gasteiger charge is -2.05. The third kappa shape index (κ3) is 3.64. The summed E-state index contributed by atoms with van der Waals surface area (Å²) in [6, 6.07) is 4.17. The van der Waals surface area contributed by atoms with E-state index >= 15 is 0 Å². The van der Waals surface area contributed by atoms with Crippen molar-refractivity contribution in [1.29, 1.82) is 0 Å². The van der Waals surface area contributed by atoms with Crippen molar-refractivity contribution >= 4 is 40.3 Å². The zero-order valence-electron chi connectivity index (χ0n) is 9.73. The van der Waals surface area contributed by atoms with Gasteiger partial charge >= 0.3 is 0 Å². The zero-order valence-corrected chi connectivity index (χ0v) is 11.3. The van der Waals surface area contributed by atoms with Crippen molar-refractivity contribution in [2.24, 2.45) is 5.10 Å². The first-order valence-corrected chi connectivity index (χ1v) is 5.70. The second-order valence-corrected chi connectivity index (χ2v) is 4.12. The third-order valence-corrected chi connectivity index (χ3v) is 2.73. The van der Waals surface area contributed by atoms with Crippen LogP contribution in [-0.2, 0) is 0 Å². The normalized spacial score (nSPS) is 10.9. The molecule has 6 nitrogen and oxygen atoms in total. The Morgan fingerprint density at radius 2 is 2.22 bits per heavy atom. The average Bonchev–Trinajstić information content (AvgIpc) is 2.35. The van der Waals surface area contributed by atoms with Gasteiger partial charge in [-0.3, -0.25) is 15.5 Å². The molecule has 0 spiro atoms. The third-order valence-electron chi connectivity index (χ3n) is 2.10. The molecule has 0 aliphatic rings. The largest absolute Gasteiger partial charge is 0.364 e. The fourth-order valence-electron chi connectivity index (χ4n) is 1.15. The first-order chi connectivity index (χ1) is 8.45. The molecular weight excluding hydrogens is 276 g/mol. The molecule has 1 rings (SSSR count). The van der Waals surface area contributed by atoms with E-state index in [4.69, 9.17) is 23.8 Å². The van der Waals surface area contributed by atoms with Crippen molar-refractivity contribution in [3.05, 3.63) is 38.9 Å². The number of non-ortho nitro benzene ring substituents is 1. The van der Waals surface area contributed by atoms with E-state index in [1.165, 1.54) is 18.2 Å². The first kappa shape index (κ1) is 14.3. The van der Waals surface area contributed by atoms with Gasteiger partial charge in [0.15, 0.2) is 5.11 Å². The molecule has 0 atom stereocenters. The van der Waals surface area contributed by atoms with E-state index < -0.39 is 4.92 Å². The highest BCUT2D eigenvalue weighted by Gasteiger charge is 2.11. The molecule has 0 heterocycles. The summed E-state index contributed by atoms with van der Waals surface area (Å²) in [4.78, 5) is 10.2. The Morgan fingerprint density at radius 1 is 1.56 bits per heavy atom. The van der Waals surface area contributed by atoms with Gasteiger partial charge in [0.05, 0.1) is 15.7 Å². The molecule has 0 saturated heterocycles. The monoisotopic (exact) mass is 286 g/mol. The van der Waals surface area contributed by atoms with Crippen LogP contribution >= 0.6 is 23.8 Å². The van der Waals surface area contributed by atoms with Gasteiger partial charge in [-0.15, -0.1) is 0 Å². The molecule has 0 aliphatic heterocycles. The number of benzene rings is 1. The van der Waals surface area contributed by atoms with Crippen molar-refractivity contribution in [3.8, 4) is 0 Å². The van der Waals surface area contributed by atoms with Crippen LogP contribution in [0.1, 0.15) is 12.5 Å². The fourth-order valence-corrected chi connectivity index (χ4v) is 1.45. The number of nitro benzene ring substituents is 1. The van der Waals surface area contributed by atoms with E-state index in [1.54, 1.807) is 14.0 Å². The van der Waals surface area contributed by atoms with E-state index in [0.717, 1.165) is 0 Å². The smallest absolute Gasteiger partial charge is 0.270 e. The van der Waals surface area contributed by atoms with Crippen LogP contribution in [0, 0.1) is 10.1 Å². The number of nitrogens with zero attached hydrogens (tertiary/aromatic N) is 2. The quantitative estimate of drug-likeness (QED) is 0.385. The molecule has 0 radical (unpaired) electrons. The molecule has 0 unspecified atom stereocenters. The molecule has 0 bridgehead atoms. The van der Waals surface area contributed by atoms with Crippen LogP contribution in [0.15, 0.2) is 23.3 Å². The Hall–Kier alpha value is -1.73. The van der Waals surface area contributed by atoms with Crippen LogP contribution in [0.5, 0.6) is 0 Å². The summed E-state index contributed by atoms with van der Waals surface area (Å²) in [6.07, 6.45) is 0. The summed E-state index contributed by atoms with van der Waals surface area (Å²) in [6.45, 7) is 1.68. The number of nitrogens with one attached hydrogen (secondary N) is 2. The predicted octanol–water partition coefficient (Wildman–Crippen LogP) is 2.07.